The number of fused-ring (bicyclic) bond motifs is 1. The molecule has 0 aromatic heterocycles. The molecule has 0 saturated carbocycles. The monoisotopic (exact) mass is 308 g/mol. The summed E-state index contributed by atoms with van der Waals surface area (Å²) < 4.78 is 1.18. The van der Waals surface area contributed by atoms with Crippen molar-refractivity contribution < 1.29 is 0 Å². The van der Waals surface area contributed by atoms with Crippen LogP contribution in [-0.2, 0) is 0 Å². The fourth-order valence-electron chi connectivity index (χ4n) is 3.27. The lowest BCUT2D eigenvalue weighted by molar-refractivity contribution is 0.0231. The molecule has 0 radical (unpaired) electrons. The average Bonchev–Trinajstić information content (AvgIpc) is 2.35. The predicted molar refractivity (Wildman–Crippen MR) is 79.0 cm³/mol. The molecule has 2 heterocycles. The van der Waals surface area contributed by atoms with Gasteiger partial charge in [-0.1, -0.05) is 28.1 Å². The zero-order valence-electron chi connectivity index (χ0n) is 11.0. The maximum Gasteiger partial charge on any atom is 0.0304 e. The minimum Gasteiger partial charge on any atom is -0.305 e. The Balaban J connectivity index is 1.73. The fourth-order valence-corrected chi connectivity index (χ4v) is 3.54. The van der Waals surface area contributed by atoms with E-state index in [0.717, 1.165) is 12.0 Å². The molecule has 98 valence electrons. The van der Waals surface area contributed by atoms with Gasteiger partial charge < -0.3 is 4.90 Å². The summed E-state index contributed by atoms with van der Waals surface area (Å²) in [5.74, 6) is 0.735. The van der Waals surface area contributed by atoms with Crippen LogP contribution in [0.3, 0.4) is 0 Å². The molecule has 1 aromatic carbocycles. The number of rotatable bonds is 1. The first-order chi connectivity index (χ1) is 8.74. The van der Waals surface area contributed by atoms with Gasteiger partial charge in [-0.05, 0) is 50.7 Å². The Morgan fingerprint density at radius 1 is 1.06 bits per heavy atom. The van der Waals surface area contributed by atoms with Crippen LogP contribution in [0.2, 0.25) is 0 Å². The topological polar surface area (TPSA) is 6.48 Å². The van der Waals surface area contributed by atoms with Gasteiger partial charge in [-0.15, -0.1) is 0 Å². The number of likely N-dealkylation sites (N-methyl/N-ethyl adjacent to an activating group) is 1. The highest BCUT2D eigenvalue weighted by molar-refractivity contribution is 9.10. The molecule has 1 unspecified atom stereocenters. The summed E-state index contributed by atoms with van der Waals surface area (Å²) in [6, 6.07) is 9.64. The van der Waals surface area contributed by atoms with E-state index in [2.05, 4.69) is 57.0 Å². The van der Waals surface area contributed by atoms with Crippen molar-refractivity contribution in [2.24, 2.45) is 0 Å². The SMILES string of the molecule is CN1CCCCN2C[C@H](c3ccc(Br)cc3)C2C1. The lowest BCUT2D eigenvalue weighted by Gasteiger charge is -2.51. The molecule has 3 rings (SSSR count). The van der Waals surface area contributed by atoms with E-state index in [1.165, 1.54) is 49.1 Å². The Morgan fingerprint density at radius 2 is 1.78 bits per heavy atom. The van der Waals surface area contributed by atoms with Crippen molar-refractivity contribution in [2.75, 3.05) is 33.2 Å². The first kappa shape index (κ1) is 12.6. The molecule has 2 aliphatic rings. The summed E-state index contributed by atoms with van der Waals surface area (Å²) in [6.07, 6.45) is 2.70. The van der Waals surface area contributed by atoms with Crippen LogP contribution < -0.4 is 0 Å². The van der Waals surface area contributed by atoms with E-state index >= 15 is 0 Å². The predicted octanol–water partition coefficient (Wildman–Crippen LogP) is 2.94. The molecular weight excluding hydrogens is 288 g/mol. The molecule has 0 amide bonds. The van der Waals surface area contributed by atoms with Gasteiger partial charge in [-0.25, -0.2) is 0 Å². The third-order valence-electron chi connectivity index (χ3n) is 4.40. The number of benzene rings is 1. The van der Waals surface area contributed by atoms with Crippen LogP contribution in [0, 0.1) is 0 Å². The van der Waals surface area contributed by atoms with Gasteiger partial charge in [0.1, 0.15) is 0 Å². The van der Waals surface area contributed by atoms with E-state index in [1.54, 1.807) is 0 Å². The highest BCUT2D eigenvalue weighted by Crippen LogP contribution is 2.36. The molecule has 2 aliphatic heterocycles. The van der Waals surface area contributed by atoms with E-state index < -0.39 is 0 Å². The van der Waals surface area contributed by atoms with Crippen molar-refractivity contribution in [3.63, 3.8) is 0 Å². The van der Waals surface area contributed by atoms with E-state index in [9.17, 15) is 0 Å². The number of hydrogen-bond donors (Lipinski definition) is 0. The standard InChI is InChI=1S/C15H21BrN2/c1-17-8-2-3-9-18-10-14(15(18)11-17)12-4-6-13(16)7-5-12/h4-7,14-15H,2-3,8-11H2,1H3/t14-,15?/m1/s1. The van der Waals surface area contributed by atoms with Gasteiger partial charge in [0, 0.05) is 29.5 Å². The molecule has 2 nitrogen and oxygen atoms in total. The summed E-state index contributed by atoms with van der Waals surface area (Å²) in [7, 11) is 2.26. The van der Waals surface area contributed by atoms with Crippen molar-refractivity contribution in [3.8, 4) is 0 Å². The molecule has 2 atom stereocenters. The maximum absolute atomic E-state index is 3.52. The van der Waals surface area contributed by atoms with Crippen LogP contribution in [0.4, 0.5) is 0 Å². The largest absolute Gasteiger partial charge is 0.305 e. The van der Waals surface area contributed by atoms with Gasteiger partial charge in [0.25, 0.3) is 0 Å². The molecule has 0 N–H and O–H groups in total. The Bertz CT molecular complexity index is 403. The maximum atomic E-state index is 3.52. The Kier molecular flexibility index (Phi) is 3.73. The number of hydrogen-bond acceptors (Lipinski definition) is 2. The minimum atomic E-state index is 0.733. The smallest absolute Gasteiger partial charge is 0.0304 e. The van der Waals surface area contributed by atoms with Gasteiger partial charge >= 0.3 is 0 Å². The van der Waals surface area contributed by atoms with E-state index in [0.29, 0.717) is 0 Å². The third kappa shape index (κ3) is 2.49. The molecule has 18 heavy (non-hydrogen) atoms. The van der Waals surface area contributed by atoms with Crippen LogP contribution in [0.5, 0.6) is 0 Å². The Morgan fingerprint density at radius 3 is 2.56 bits per heavy atom. The normalized spacial score (nSPS) is 30.1. The summed E-state index contributed by atoms with van der Waals surface area (Å²) in [4.78, 5) is 5.17. The summed E-state index contributed by atoms with van der Waals surface area (Å²) in [5, 5.41) is 0. The van der Waals surface area contributed by atoms with Crippen LogP contribution in [0.15, 0.2) is 28.7 Å². The molecular formula is C15H21BrN2. The molecule has 0 spiro atoms. The second-order valence-electron chi connectivity index (χ2n) is 5.69. The minimum absolute atomic E-state index is 0.733. The zero-order valence-corrected chi connectivity index (χ0v) is 12.6. The summed E-state index contributed by atoms with van der Waals surface area (Å²) in [5.41, 5.74) is 1.51. The van der Waals surface area contributed by atoms with Gasteiger partial charge in [-0.3, -0.25) is 4.90 Å². The van der Waals surface area contributed by atoms with Crippen molar-refractivity contribution in [3.05, 3.63) is 34.3 Å². The van der Waals surface area contributed by atoms with E-state index in [-0.39, 0.29) is 0 Å². The highest BCUT2D eigenvalue weighted by atomic mass is 79.9. The molecule has 0 aliphatic carbocycles. The molecule has 3 heteroatoms. The van der Waals surface area contributed by atoms with Gasteiger partial charge in [0.05, 0.1) is 0 Å². The van der Waals surface area contributed by atoms with Crippen LogP contribution >= 0.6 is 15.9 Å². The van der Waals surface area contributed by atoms with Crippen LogP contribution in [0.1, 0.15) is 24.3 Å². The fraction of sp³-hybridized carbons (Fsp3) is 0.600. The number of halogens is 1. The first-order valence-corrected chi connectivity index (χ1v) is 7.71. The van der Waals surface area contributed by atoms with Crippen molar-refractivity contribution in [1.29, 1.82) is 0 Å². The Hall–Kier alpha value is -0.380. The number of nitrogens with zero attached hydrogens (tertiary/aromatic N) is 2. The van der Waals surface area contributed by atoms with Crippen molar-refractivity contribution in [2.45, 2.75) is 24.8 Å². The first-order valence-electron chi connectivity index (χ1n) is 6.92. The van der Waals surface area contributed by atoms with Gasteiger partial charge in [0.15, 0.2) is 0 Å². The highest BCUT2D eigenvalue weighted by Gasteiger charge is 2.40. The van der Waals surface area contributed by atoms with E-state index in [4.69, 9.17) is 0 Å². The molecule has 0 bridgehead atoms. The van der Waals surface area contributed by atoms with Crippen LogP contribution in [-0.4, -0.2) is 49.1 Å². The zero-order chi connectivity index (χ0) is 12.5. The lowest BCUT2D eigenvalue weighted by Crippen LogP contribution is -2.59. The molecule has 2 fully saturated rings. The lowest BCUT2D eigenvalue weighted by atomic mass is 9.81. The van der Waals surface area contributed by atoms with Crippen LogP contribution in [0.25, 0.3) is 0 Å². The second kappa shape index (κ2) is 5.32. The molecule has 1 aromatic rings. The Labute approximate surface area is 118 Å². The summed E-state index contributed by atoms with van der Waals surface area (Å²) >= 11 is 3.52. The van der Waals surface area contributed by atoms with Gasteiger partial charge in [-0.2, -0.15) is 0 Å². The van der Waals surface area contributed by atoms with Gasteiger partial charge in [0.2, 0.25) is 0 Å². The van der Waals surface area contributed by atoms with Crippen molar-refractivity contribution >= 4 is 15.9 Å². The summed E-state index contributed by atoms with van der Waals surface area (Å²) in [6.45, 7) is 5.03. The van der Waals surface area contributed by atoms with E-state index in [1.807, 2.05) is 0 Å². The quantitative estimate of drug-likeness (QED) is 0.787. The molecule has 2 saturated heterocycles. The average molecular weight is 309 g/mol. The second-order valence-corrected chi connectivity index (χ2v) is 6.61. The third-order valence-corrected chi connectivity index (χ3v) is 4.93. The van der Waals surface area contributed by atoms with Crippen molar-refractivity contribution in [1.82, 2.24) is 9.80 Å².